The van der Waals surface area contributed by atoms with Gasteiger partial charge in [0.25, 0.3) is 5.56 Å². The number of aryl methyl sites for hydroxylation is 1. The number of thioether (sulfide) groups is 1. The fourth-order valence-corrected chi connectivity index (χ4v) is 4.17. The van der Waals surface area contributed by atoms with Gasteiger partial charge in [0, 0.05) is 11.3 Å². The first-order valence-corrected chi connectivity index (χ1v) is 10.5. The van der Waals surface area contributed by atoms with Gasteiger partial charge in [0.15, 0.2) is 5.16 Å². The van der Waals surface area contributed by atoms with Crippen molar-refractivity contribution in [3.8, 4) is 0 Å². The molecule has 0 saturated carbocycles. The number of H-pyrrole nitrogens is 1. The number of nitrogens with one attached hydrogen (secondary N) is 2. The van der Waals surface area contributed by atoms with Gasteiger partial charge in [0.2, 0.25) is 5.91 Å². The molecule has 1 aliphatic rings. The van der Waals surface area contributed by atoms with Gasteiger partial charge in [0.05, 0.1) is 11.4 Å². The molecule has 0 saturated heterocycles. The van der Waals surface area contributed by atoms with Crippen molar-refractivity contribution in [2.75, 3.05) is 11.1 Å². The molecule has 27 heavy (non-hydrogen) atoms. The van der Waals surface area contributed by atoms with Crippen molar-refractivity contribution in [1.82, 2.24) is 9.97 Å². The monoisotopic (exact) mass is 385 g/mol. The lowest BCUT2D eigenvalue weighted by Crippen LogP contribution is -2.19. The molecule has 0 fully saturated rings. The zero-order valence-corrected chi connectivity index (χ0v) is 17.2. The third-order valence-electron chi connectivity index (χ3n) is 4.90. The van der Waals surface area contributed by atoms with Crippen LogP contribution in [0.25, 0.3) is 0 Å². The van der Waals surface area contributed by atoms with Gasteiger partial charge < -0.3 is 10.3 Å². The molecular formula is C21H27N3O2S. The molecule has 6 heteroatoms. The first kappa shape index (κ1) is 19.7. The van der Waals surface area contributed by atoms with E-state index in [-0.39, 0.29) is 17.2 Å². The van der Waals surface area contributed by atoms with E-state index in [1.807, 2.05) is 6.07 Å². The highest BCUT2D eigenvalue weighted by Gasteiger charge is 2.19. The van der Waals surface area contributed by atoms with Crippen LogP contribution in [0.2, 0.25) is 0 Å². The minimum Gasteiger partial charge on any atom is -0.325 e. The lowest BCUT2D eigenvalue weighted by atomic mass is 9.92. The van der Waals surface area contributed by atoms with Crippen LogP contribution in [0, 0.1) is 0 Å². The molecule has 0 unspecified atom stereocenters. The van der Waals surface area contributed by atoms with Crippen LogP contribution in [0.15, 0.2) is 28.2 Å². The Labute approximate surface area is 164 Å². The largest absolute Gasteiger partial charge is 0.325 e. The van der Waals surface area contributed by atoms with Gasteiger partial charge in [-0.3, -0.25) is 9.59 Å². The quantitative estimate of drug-likeness (QED) is 0.576. The topological polar surface area (TPSA) is 74.8 Å². The van der Waals surface area contributed by atoms with E-state index in [2.05, 4.69) is 55.1 Å². The minimum atomic E-state index is -0.0850. The van der Waals surface area contributed by atoms with Crippen molar-refractivity contribution in [2.45, 2.75) is 63.9 Å². The van der Waals surface area contributed by atoms with Gasteiger partial charge >= 0.3 is 0 Å². The highest BCUT2D eigenvalue weighted by molar-refractivity contribution is 7.99. The number of aromatic nitrogens is 2. The van der Waals surface area contributed by atoms with Crippen LogP contribution in [-0.4, -0.2) is 21.6 Å². The number of amides is 1. The number of hydrogen-bond acceptors (Lipinski definition) is 4. The first-order chi connectivity index (χ1) is 12.9. The summed E-state index contributed by atoms with van der Waals surface area (Å²) in [5, 5.41) is 3.62. The molecule has 144 valence electrons. The Hall–Kier alpha value is -2.08. The van der Waals surface area contributed by atoms with Crippen LogP contribution in [0.1, 0.15) is 68.3 Å². The van der Waals surface area contributed by atoms with Crippen LogP contribution in [0.4, 0.5) is 5.69 Å². The van der Waals surface area contributed by atoms with Gasteiger partial charge in [-0.1, -0.05) is 57.7 Å². The highest BCUT2D eigenvalue weighted by Crippen LogP contribution is 2.32. The molecule has 1 amide bonds. The molecule has 1 aliphatic carbocycles. The van der Waals surface area contributed by atoms with Crippen molar-refractivity contribution in [3.05, 3.63) is 50.9 Å². The maximum atomic E-state index is 12.6. The Morgan fingerprint density at radius 2 is 1.85 bits per heavy atom. The number of carbonyl (C=O) groups is 1. The summed E-state index contributed by atoms with van der Waals surface area (Å²) >= 11 is 1.28. The summed E-state index contributed by atoms with van der Waals surface area (Å²) in [5.74, 6) is 0.770. The van der Waals surface area contributed by atoms with Gasteiger partial charge in [-0.25, -0.2) is 4.98 Å². The number of para-hydroxylation sites is 1. The second-order valence-corrected chi connectivity index (χ2v) is 8.57. The Morgan fingerprint density at radius 3 is 2.48 bits per heavy atom. The van der Waals surface area contributed by atoms with Gasteiger partial charge in [-0.15, -0.1) is 0 Å². The molecule has 0 bridgehead atoms. The average molecular weight is 386 g/mol. The summed E-state index contributed by atoms with van der Waals surface area (Å²) in [4.78, 5) is 32.0. The second kappa shape index (κ2) is 8.30. The van der Waals surface area contributed by atoms with E-state index in [1.54, 1.807) is 0 Å². The SMILES string of the molecule is CC(C)c1cccc(C(C)C)c1NC(=O)CSc1nc2c(c(=O)[nH]1)CCC2. The zero-order valence-electron chi connectivity index (χ0n) is 16.4. The van der Waals surface area contributed by atoms with E-state index in [4.69, 9.17) is 0 Å². The van der Waals surface area contributed by atoms with Crippen molar-refractivity contribution in [2.24, 2.45) is 0 Å². The average Bonchev–Trinajstić information content (AvgIpc) is 3.09. The summed E-state index contributed by atoms with van der Waals surface area (Å²) in [6.07, 6.45) is 2.62. The van der Waals surface area contributed by atoms with Gasteiger partial charge in [-0.05, 0) is 42.2 Å². The predicted molar refractivity (Wildman–Crippen MR) is 111 cm³/mol. The number of hydrogen-bond donors (Lipinski definition) is 2. The van der Waals surface area contributed by atoms with Crippen molar-refractivity contribution in [1.29, 1.82) is 0 Å². The zero-order chi connectivity index (χ0) is 19.6. The highest BCUT2D eigenvalue weighted by atomic mass is 32.2. The first-order valence-electron chi connectivity index (χ1n) is 9.54. The Kier molecular flexibility index (Phi) is 6.05. The Balaban J connectivity index is 1.73. The molecule has 5 nitrogen and oxygen atoms in total. The molecule has 1 heterocycles. The normalized spacial score (nSPS) is 13.3. The number of nitrogens with zero attached hydrogens (tertiary/aromatic N) is 1. The van der Waals surface area contributed by atoms with Crippen molar-refractivity contribution in [3.63, 3.8) is 0 Å². The summed E-state index contributed by atoms with van der Waals surface area (Å²) in [6.45, 7) is 8.51. The van der Waals surface area contributed by atoms with E-state index in [0.29, 0.717) is 17.0 Å². The van der Waals surface area contributed by atoms with Crippen LogP contribution in [0.5, 0.6) is 0 Å². The fraction of sp³-hybridized carbons (Fsp3) is 0.476. The van der Waals surface area contributed by atoms with E-state index >= 15 is 0 Å². The second-order valence-electron chi connectivity index (χ2n) is 7.61. The number of fused-ring (bicyclic) bond motifs is 1. The number of aromatic amines is 1. The number of rotatable bonds is 6. The molecule has 0 aliphatic heterocycles. The third kappa shape index (κ3) is 4.43. The molecule has 0 radical (unpaired) electrons. The maximum absolute atomic E-state index is 12.6. The summed E-state index contributed by atoms with van der Waals surface area (Å²) in [5.41, 5.74) is 4.83. The van der Waals surface area contributed by atoms with Crippen LogP contribution in [-0.2, 0) is 17.6 Å². The Bertz CT molecular complexity index is 877. The lowest BCUT2D eigenvalue weighted by molar-refractivity contribution is -0.113. The summed E-state index contributed by atoms with van der Waals surface area (Å²) in [7, 11) is 0. The van der Waals surface area contributed by atoms with Crippen LogP contribution < -0.4 is 10.9 Å². The Morgan fingerprint density at radius 1 is 1.19 bits per heavy atom. The van der Waals surface area contributed by atoms with Crippen LogP contribution in [0.3, 0.4) is 0 Å². The van der Waals surface area contributed by atoms with E-state index in [1.165, 1.54) is 11.8 Å². The van der Waals surface area contributed by atoms with Crippen molar-refractivity contribution >= 4 is 23.4 Å². The van der Waals surface area contributed by atoms with Crippen LogP contribution >= 0.6 is 11.8 Å². The smallest absolute Gasteiger partial charge is 0.254 e. The maximum Gasteiger partial charge on any atom is 0.254 e. The van der Waals surface area contributed by atoms with E-state index in [9.17, 15) is 9.59 Å². The predicted octanol–water partition coefficient (Wildman–Crippen LogP) is 4.24. The third-order valence-corrected chi connectivity index (χ3v) is 5.77. The number of anilines is 1. The number of carbonyl (C=O) groups excluding carboxylic acids is 1. The molecule has 2 aromatic rings. The summed E-state index contributed by atoms with van der Waals surface area (Å²) in [6, 6.07) is 6.19. The number of benzene rings is 1. The van der Waals surface area contributed by atoms with Gasteiger partial charge in [0.1, 0.15) is 0 Å². The molecular weight excluding hydrogens is 358 g/mol. The van der Waals surface area contributed by atoms with Crippen molar-refractivity contribution < 1.29 is 4.79 Å². The molecule has 1 aromatic heterocycles. The van der Waals surface area contributed by atoms with E-state index < -0.39 is 0 Å². The van der Waals surface area contributed by atoms with E-state index in [0.717, 1.165) is 47.3 Å². The molecule has 1 aromatic carbocycles. The standard InChI is InChI=1S/C21H27N3O2S/c1-12(2)14-7-5-8-15(13(3)4)19(14)23-18(25)11-27-21-22-17-10-6-9-16(17)20(26)24-21/h5,7-8,12-13H,6,9-11H2,1-4H3,(H,23,25)(H,22,24,26). The molecule has 0 spiro atoms. The fourth-order valence-electron chi connectivity index (χ4n) is 3.49. The summed E-state index contributed by atoms with van der Waals surface area (Å²) < 4.78 is 0. The minimum absolute atomic E-state index is 0.0624. The molecule has 2 N–H and O–H groups in total. The molecule has 0 atom stereocenters. The lowest BCUT2D eigenvalue weighted by Gasteiger charge is -2.20. The van der Waals surface area contributed by atoms with Gasteiger partial charge in [-0.2, -0.15) is 0 Å². The molecule has 3 rings (SSSR count).